The average molecular weight is 566 g/mol. The molecule has 0 aliphatic rings. The fraction of sp³-hybridized carbons (Fsp3) is 0. The Hall–Kier alpha value is -5.45. The Morgan fingerprint density at radius 1 is 0.372 bits per heavy atom. The van der Waals surface area contributed by atoms with Crippen LogP contribution in [0.1, 0.15) is 0 Å². The molecule has 200 valence electrons. The van der Waals surface area contributed by atoms with Crippen LogP contribution in [0, 0.1) is 0 Å². The molecule has 0 unspecified atom stereocenters. The van der Waals surface area contributed by atoms with Crippen LogP contribution in [-0.4, -0.2) is 15.0 Å². The molecule has 2 heterocycles. The molecule has 3 nitrogen and oxygen atoms in total. The summed E-state index contributed by atoms with van der Waals surface area (Å²) in [6, 6.07) is 49.1. The Morgan fingerprint density at radius 3 is 1.81 bits per heavy atom. The third-order valence-electron chi connectivity index (χ3n) is 8.30. The van der Waals surface area contributed by atoms with Gasteiger partial charge in [0.1, 0.15) is 0 Å². The van der Waals surface area contributed by atoms with Crippen molar-refractivity contribution < 1.29 is 0 Å². The average Bonchev–Trinajstić information content (AvgIpc) is 3.47. The number of benzene rings is 7. The number of aromatic nitrogens is 3. The maximum atomic E-state index is 5.24. The predicted molar refractivity (Wildman–Crippen MR) is 182 cm³/mol. The summed E-state index contributed by atoms with van der Waals surface area (Å²) in [5.74, 6) is 2.02. The molecule has 0 aliphatic carbocycles. The predicted octanol–water partition coefficient (Wildman–Crippen LogP) is 10.7. The first-order valence-corrected chi connectivity index (χ1v) is 15.2. The largest absolute Gasteiger partial charge is 0.208 e. The van der Waals surface area contributed by atoms with Gasteiger partial charge in [0.2, 0.25) is 0 Å². The Labute approximate surface area is 251 Å². The maximum absolute atomic E-state index is 5.24. The third-order valence-corrected chi connectivity index (χ3v) is 9.52. The van der Waals surface area contributed by atoms with E-state index in [0.29, 0.717) is 17.5 Å². The highest BCUT2D eigenvalue weighted by Gasteiger charge is 2.18. The van der Waals surface area contributed by atoms with E-state index in [-0.39, 0.29) is 0 Å². The molecule has 7 aromatic carbocycles. The molecule has 0 radical (unpaired) electrons. The quantitative estimate of drug-likeness (QED) is 0.200. The Bertz CT molecular complexity index is 2510. The molecule has 43 heavy (non-hydrogen) atoms. The van der Waals surface area contributed by atoms with Crippen LogP contribution in [0.4, 0.5) is 0 Å². The zero-order valence-electron chi connectivity index (χ0n) is 23.0. The fourth-order valence-electron chi connectivity index (χ4n) is 6.32. The van der Waals surface area contributed by atoms with Gasteiger partial charge in [0.25, 0.3) is 0 Å². The minimum Gasteiger partial charge on any atom is -0.208 e. The molecule has 0 aliphatic heterocycles. The van der Waals surface area contributed by atoms with Crippen LogP contribution in [0.5, 0.6) is 0 Å². The molecular formula is C39H23N3S. The smallest absolute Gasteiger partial charge is 0.165 e. The van der Waals surface area contributed by atoms with Crippen LogP contribution in [0.2, 0.25) is 0 Å². The summed E-state index contributed by atoms with van der Waals surface area (Å²) in [7, 11) is 0. The molecule has 0 bridgehead atoms. The van der Waals surface area contributed by atoms with Crippen molar-refractivity contribution in [3.05, 3.63) is 140 Å². The van der Waals surface area contributed by atoms with Gasteiger partial charge in [0, 0.05) is 42.2 Å². The maximum Gasteiger partial charge on any atom is 0.165 e. The van der Waals surface area contributed by atoms with E-state index in [2.05, 4.69) is 121 Å². The van der Waals surface area contributed by atoms with Crippen molar-refractivity contribution in [1.29, 1.82) is 0 Å². The summed E-state index contributed by atoms with van der Waals surface area (Å²) in [5.41, 5.74) is 2.99. The highest BCUT2D eigenvalue weighted by atomic mass is 32.1. The molecular weight excluding hydrogens is 543 g/mol. The summed E-state index contributed by atoms with van der Waals surface area (Å²) >= 11 is 1.79. The molecule has 9 aromatic rings. The fourth-order valence-corrected chi connectivity index (χ4v) is 7.53. The monoisotopic (exact) mass is 565 g/mol. The number of nitrogens with zero attached hydrogens (tertiary/aromatic N) is 3. The van der Waals surface area contributed by atoms with Crippen LogP contribution in [0.25, 0.3) is 86.7 Å². The molecule has 9 rings (SSSR count). The van der Waals surface area contributed by atoms with Crippen LogP contribution in [0.15, 0.2) is 140 Å². The van der Waals surface area contributed by atoms with Crippen LogP contribution >= 0.6 is 11.3 Å². The molecule has 0 amide bonds. The second kappa shape index (κ2) is 9.55. The van der Waals surface area contributed by atoms with E-state index in [9.17, 15) is 0 Å². The minimum atomic E-state index is 0.667. The van der Waals surface area contributed by atoms with Gasteiger partial charge < -0.3 is 0 Å². The van der Waals surface area contributed by atoms with Gasteiger partial charge in [-0.1, -0.05) is 127 Å². The summed E-state index contributed by atoms with van der Waals surface area (Å²) in [4.78, 5) is 15.5. The van der Waals surface area contributed by atoms with Crippen molar-refractivity contribution in [1.82, 2.24) is 15.0 Å². The summed E-state index contributed by atoms with van der Waals surface area (Å²) < 4.78 is 2.45. The van der Waals surface area contributed by atoms with E-state index in [1.807, 2.05) is 18.2 Å². The van der Waals surface area contributed by atoms with Gasteiger partial charge in [0.05, 0.1) is 0 Å². The second-order valence-electron chi connectivity index (χ2n) is 10.8. The molecule has 0 N–H and O–H groups in total. The molecule has 0 saturated carbocycles. The van der Waals surface area contributed by atoms with E-state index in [4.69, 9.17) is 15.0 Å². The molecule has 0 atom stereocenters. The Kier molecular flexibility index (Phi) is 5.37. The molecule has 0 saturated heterocycles. The van der Waals surface area contributed by atoms with Gasteiger partial charge in [-0.2, -0.15) is 0 Å². The first kappa shape index (κ1) is 24.2. The number of hydrogen-bond donors (Lipinski definition) is 0. The molecule has 4 heteroatoms. The standard InChI is InChI=1S/C39H23N3S/c1-2-11-27(12-3-1)37-40-38(42-39(41-37)32-18-9-16-30-29-15-6-7-19-33(29)43-36(30)32)31-17-8-13-25-22-23-26-21-20-24-10-4-5-14-28(24)34(26)35(25)31/h1-23H. The van der Waals surface area contributed by atoms with E-state index in [1.54, 1.807) is 11.3 Å². The van der Waals surface area contributed by atoms with Crippen molar-refractivity contribution in [3.8, 4) is 34.2 Å². The first-order chi connectivity index (χ1) is 21.3. The van der Waals surface area contributed by atoms with Crippen LogP contribution in [-0.2, 0) is 0 Å². The Balaban J connectivity index is 1.38. The minimum absolute atomic E-state index is 0.667. The van der Waals surface area contributed by atoms with Gasteiger partial charge in [-0.3, -0.25) is 0 Å². The normalized spacial score (nSPS) is 11.7. The van der Waals surface area contributed by atoms with Gasteiger partial charge in [-0.15, -0.1) is 11.3 Å². The molecule has 0 spiro atoms. The third kappa shape index (κ3) is 3.84. The summed E-state index contributed by atoms with van der Waals surface area (Å²) in [6.07, 6.45) is 0. The van der Waals surface area contributed by atoms with Gasteiger partial charge in [-0.25, -0.2) is 15.0 Å². The SMILES string of the molecule is c1ccc(-c2nc(-c3cccc4c3sc3ccccc34)nc(-c3cccc4ccc5ccc6ccccc6c5c34)n2)cc1. The zero-order valence-corrected chi connectivity index (χ0v) is 23.8. The van der Waals surface area contributed by atoms with Gasteiger partial charge in [-0.05, 0) is 39.1 Å². The lowest BCUT2D eigenvalue weighted by atomic mass is 9.93. The number of thiophene rings is 1. The van der Waals surface area contributed by atoms with E-state index in [0.717, 1.165) is 27.5 Å². The Morgan fingerprint density at radius 2 is 0.953 bits per heavy atom. The van der Waals surface area contributed by atoms with E-state index >= 15 is 0 Å². The van der Waals surface area contributed by atoms with Crippen molar-refractivity contribution in [2.45, 2.75) is 0 Å². The zero-order chi connectivity index (χ0) is 28.3. The van der Waals surface area contributed by atoms with E-state index < -0.39 is 0 Å². The lowest BCUT2D eigenvalue weighted by Crippen LogP contribution is -2.00. The first-order valence-electron chi connectivity index (χ1n) is 14.4. The van der Waals surface area contributed by atoms with Crippen molar-refractivity contribution in [3.63, 3.8) is 0 Å². The van der Waals surface area contributed by atoms with Crippen molar-refractivity contribution in [2.75, 3.05) is 0 Å². The summed E-state index contributed by atoms with van der Waals surface area (Å²) in [6.45, 7) is 0. The highest BCUT2D eigenvalue weighted by molar-refractivity contribution is 7.26. The molecule has 2 aromatic heterocycles. The lowest BCUT2D eigenvalue weighted by molar-refractivity contribution is 1.08. The molecule has 0 fully saturated rings. The summed E-state index contributed by atoms with van der Waals surface area (Å²) in [5, 5.41) is 9.68. The lowest BCUT2D eigenvalue weighted by Gasteiger charge is -2.13. The van der Waals surface area contributed by atoms with Crippen LogP contribution in [0.3, 0.4) is 0 Å². The number of fused-ring (bicyclic) bond motifs is 8. The number of hydrogen-bond acceptors (Lipinski definition) is 4. The van der Waals surface area contributed by atoms with E-state index in [1.165, 1.54) is 41.7 Å². The topological polar surface area (TPSA) is 38.7 Å². The van der Waals surface area contributed by atoms with Crippen LogP contribution < -0.4 is 0 Å². The van der Waals surface area contributed by atoms with Gasteiger partial charge in [0.15, 0.2) is 17.5 Å². The van der Waals surface area contributed by atoms with Gasteiger partial charge >= 0.3 is 0 Å². The highest BCUT2D eigenvalue weighted by Crippen LogP contribution is 2.41. The van der Waals surface area contributed by atoms with Crippen molar-refractivity contribution >= 4 is 63.8 Å². The van der Waals surface area contributed by atoms with Crippen molar-refractivity contribution in [2.24, 2.45) is 0 Å². The number of rotatable bonds is 3. The second-order valence-corrected chi connectivity index (χ2v) is 11.9.